The van der Waals surface area contributed by atoms with Crippen molar-refractivity contribution in [2.75, 3.05) is 12.0 Å². The standard InChI is InChI=1S/C23H17ClN2O5/c1-31-18-11-14(6-9-17(18)27)20-19(21(28)13-4-7-15(24)8-5-13)22(29)23(30)26(20)16-3-2-10-25-12-16/h2-12,20,27-28H,1H3/t20-/m0/s1. The average molecular weight is 437 g/mol. The summed E-state index contributed by atoms with van der Waals surface area (Å²) in [6.07, 6.45) is 3.00. The molecule has 1 saturated heterocycles. The van der Waals surface area contributed by atoms with Gasteiger partial charge >= 0.3 is 0 Å². The molecule has 4 rings (SSSR count). The maximum Gasteiger partial charge on any atom is 0.300 e. The molecule has 2 N–H and O–H groups in total. The highest BCUT2D eigenvalue weighted by Gasteiger charge is 2.47. The number of aliphatic hydroxyl groups excluding tert-OH is 1. The highest BCUT2D eigenvalue weighted by Crippen LogP contribution is 2.43. The highest BCUT2D eigenvalue weighted by atomic mass is 35.5. The second kappa shape index (κ2) is 8.12. The van der Waals surface area contributed by atoms with E-state index in [2.05, 4.69) is 4.98 Å². The van der Waals surface area contributed by atoms with E-state index >= 15 is 0 Å². The first-order valence-corrected chi connectivity index (χ1v) is 9.64. The Kier molecular flexibility index (Phi) is 5.35. The molecule has 1 aliphatic heterocycles. The lowest BCUT2D eigenvalue weighted by Crippen LogP contribution is -2.29. The molecule has 3 aromatic rings. The average Bonchev–Trinajstić information content (AvgIpc) is 3.05. The van der Waals surface area contributed by atoms with Gasteiger partial charge in [0.25, 0.3) is 11.7 Å². The molecule has 2 heterocycles. The van der Waals surface area contributed by atoms with Crippen LogP contribution in [0.4, 0.5) is 5.69 Å². The van der Waals surface area contributed by atoms with Crippen LogP contribution >= 0.6 is 11.6 Å². The molecular weight excluding hydrogens is 420 g/mol. The summed E-state index contributed by atoms with van der Waals surface area (Å²) in [5.41, 5.74) is 1.10. The van der Waals surface area contributed by atoms with Gasteiger partial charge in [-0.05, 0) is 54.1 Å². The Hall–Kier alpha value is -3.84. The number of phenols is 1. The van der Waals surface area contributed by atoms with Gasteiger partial charge in [0.2, 0.25) is 0 Å². The number of aromatic nitrogens is 1. The lowest BCUT2D eigenvalue weighted by atomic mass is 9.95. The number of halogens is 1. The van der Waals surface area contributed by atoms with E-state index in [4.69, 9.17) is 16.3 Å². The molecule has 2 aromatic carbocycles. The van der Waals surface area contributed by atoms with Gasteiger partial charge in [0.05, 0.1) is 30.6 Å². The summed E-state index contributed by atoms with van der Waals surface area (Å²) in [4.78, 5) is 31.4. The van der Waals surface area contributed by atoms with Crippen molar-refractivity contribution < 1.29 is 24.5 Å². The fourth-order valence-electron chi connectivity index (χ4n) is 3.54. The van der Waals surface area contributed by atoms with Crippen LogP contribution < -0.4 is 9.64 Å². The second-order valence-corrected chi connectivity index (χ2v) is 7.25. The third-order valence-electron chi connectivity index (χ3n) is 5.01. The Bertz CT molecular complexity index is 1190. The van der Waals surface area contributed by atoms with E-state index in [9.17, 15) is 19.8 Å². The maximum absolute atomic E-state index is 13.0. The van der Waals surface area contributed by atoms with Gasteiger partial charge in [0.15, 0.2) is 11.5 Å². The Labute approximate surface area is 182 Å². The topological polar surface area (TPSA) is 100.0 Å². The normalized spacial score (nSPS) is 17.7. The lowest BCUT2D eigenvalue weighted by molar-refractivity contribution is -0.132. The highest BCUT2D eigenvalue weighted by molar-refractivity contribution is 6.51. The molecule has 0 radical (unpaired) electrons. The predicted octanol–water partition coefficient (Wildman–Crippen LogP) is 4.08. The number of phenolic OH excluding ortho intramolecular Hbond substituents is 1. The Morgan fingerprint density at radius 2 is 1.87 bits per heavy atom. The third kappa shape index (κ3) is 3.60. The van der Waals surface area contributed by atoms with Gasteiger partial charge in [-0.25, -0.2) is 0 Å². The van der Waals surface area contributed by atoms with Gasteiger partial charge in [0.1, 0.15) is 5.76 Å². The number of benzene rings is 2. The SMILES string of the molecule is COc1cc([C@H]2C(=C(O)c3ccc(Cl)cc3)C(=O)C(=O)N2c2cccnc2)ccc1O. The number of methoxy groups -OCH3 is 1. The zero-order valence-electron chi connectivity index (χ0n) is 16.3. The molecule has 0 unspecified atom stereocenters. The summed E-state index contributed by atoms with van der Waals surface area (Å²) in [5.74, 6) is -1.91. The van der Waals surface area contributed by atoms with Gasteiger partial charge in [-0.1, -0.05) is 17.7 Å². The van der Waals surface area contributed by atoms with E-state index in [1.54, 1.807) is 48.7 Å². The minimum atomic E-state index is -0.964. The van der Waals surface area contributed by atoms with Crippen LogP contribution in [0.5, 0.6) is 11.5 Å². The van der Waals surface area contributed by atoms with E-state index in [1.807, 2.05) is 0 Å². The molecule has 7 nitrogen and oxygen atoms in total. The molecule has 1 atom stereocenters. The van der Waals surface area contributed by atoms with Crippen molar-refractivity contribution in [2.45, 2.75) is 6.04 Å². The van der Waals surface area contributed by atoms with Gasteiger partial charge in [-0.2, -0.15) is 0 Å². The molecule has 31 heavy (non-hydrogen) atoms. The van der Waals surface area contributed by atoms with E-state index in [0.717, 1.165) is 0 Å². The quantitative estimate of drug-likeness (QED) is 0.363. The monoisotopic (exact) mass is 436 g/mol. The molecule has 1 aliphatic rings. The first-order valence-electron chi connectivity index (χ1n) is 9.26. The van der Waals surface area contributed by atoms with E-state index in [0.29, 0.717) is 21.8 Å². The molecule has 1 amide bonds. The van der Waals surface area contributed by atoms with Crippen molar-refractivity contribution in [1.82, 2.24) is 4.98 Å². The minimum absolute atomic E-state index is 0.0936. The zero-order valence-corrected chi connectivity index (χ0v) is 17.1. The largest absolute Gasteiger partial charge is 0.507 e. The van der Waals surface area contributed by atoms with Crippen LogP contribution in [0.25, 0.3) is 5.76 Å². The third-order valence-corrected chi connectivity index (χ3v) is 5.26. The van der Waals surface area contributed by atoms with Crippen molar-refractivity contribution in [3.63, 3.8) is 0 Å². The maximum atomic E-state index is 13.0. The number of anilines is 1. The number of carbonyl (C=O) groups excluding carboxylic acids is 2. The summed E-state index contributed by atoms with van der Waals surface area (Å²) < 4.78 is 5.19. The van der Waals surface area contributed by atoms with Crippen molar-refractivity contribution in [3.8, 4) is 11.5 Å². The second-order valence-electron chi connectivity index (χ2n) is 6.82. The van der Waals surface area contributed by atoms with E-state index in [1.165, 1.54) is 30.3 Å². The molecule has 0 bridgehead atoms. The van der Waals surface area contributed by atoms with Crippen LogP contribution in [0.3, 0.4) is 0 Å². The number of hydrogen-bond donors (Lipinski definition) is 2. The van der Waals surface area contributed by atoms with Gasteiger partial charge in [0, 0.05) is 16.8 Å². The fourth-order valence-corrected chi connectivity index (χ4v) is 3.66. The molecule has 0 aliphatic carbocycles. The molecule has 0 spiro atoms. The van der Waals surface area contributed by atoms with Crippen LogP contribution in [-0.2, 0) is 9.59 Å². The van der Waals surface area contributed by atoms with Crippen molar-refractivity contribution in [2.24, 2.45) is 0 Å². The van der Waals surface area contributed by atoms with Gasteiger partial charge in [-0.15, -0.1) is 0 Å². The summed E-state index contributed by atoms with van der Waals surface area (Å²) in [5, 5.41) is 21.5. The number of Topliss-reactive ketones (excluding diaryl/α,β-unsaturated/α-hetero) is 1. The van der Waals surface area contributed by atoms with Crippen LogP contribution in [0, 0.1) is 0 Å². The Balaban J connectivity index is 1.96. The Morgan fingerprint density at radius 3 is 2.52 bits per heavy atom. The first-order chi connectivity index (χ1) is 14.9. The van der Waals surface area contributed by atoms with Gasteiger partial charge < -0.3 is 14.9 Å². The van der Waals surface area contributed by atoms with Crippen LogP contribution in [0.1, 0.15) is 17.2 Å². The first kappa shape index (κ1) is 20.4. The number of amides is 1. The number of ketones is 1. The van der Waals surface area contributed by atoms with Crippen molar-refractivity contribution >= 4 is 34.7 Å². The number of hydrogen-bond acceptors (Lipinski definition) is 6. The Morgan fingerprint density at radius 1 is 1.13 bits per heavy atom. The van der Waals surface area contributed by atoms with Crippen LogP contribution in [-0.4, -0.2) is 34.0 Å². The number of nitrogens with zero attached hydrogens (tertiary/aromatic N) is 2. The van der Waals surface area contributed by atoms with Crippen LogP contribution in [0.2, 0.25) is 5.02 Å². The zero-order chi connectivity index (χ0) is 22.1. The van der Waals surface area contributed by atoms with Crippen molar-refractivity contribution in [1.29, 1.82) is 0 Å². The summed E-state index contributed by atoms with van der Waals surface area (Å²) in [6, 6.07) is 13.1. The molecular formula is C23H17ClN2O5. The van der Waals surface area contributed by atoms with E-state index < -0.39 is 17.7 Å². The predicted molar refractivity (Wildman–Crippen MR) is 115 cm³/mol. The number of aromatic hydroxyl groups is 1. The number of carbonyl (C=O) groups is 2. The summed E-state index contributed by atoms with van der Waals surface area (Å²) in [6.45, 7) is 0. The minimum Gasteiger partial charge on any atom is -0.507 e. The number of aliphatic hydroxyl groups is 1. The molecule has 8 heteroatoms. The molecule has 1 fully saturated rings. The fraction of sp³-hybridized carbons (Fsp3) is 0.0870. The molecule has 156 valence electrons. The lowest BCUT2D eigenvalue weighted by Gasteiger charge is -2.25. The van der Waals surface area contributed by atoms with Crippen molar-refractivity contribution in [3.05, 3.63) is 88.7 Å². The number of rotatable bonds is 4. The summed E-state index contributed by atoms with van der Waals surface area (Å²) >= 11 is 5.93. The summed E-state index contributed by atoms with van der Waals surface area (Å²) in [7, 11) is 1.39. The smallest absolute Gasteiger partial charge is 0.300 e. The number of ether oxygens (including phenoxy) is 1. The molecule has 0 saturated carbocycles. The molecule has 1 aromatic heterocycles. The number of pyridine rings is 1. The van der Waals surface area contributed by atoms with E-state index in [-0.39, 0.29) is 22.8 Å². The van der Waals surface area contributed by atoms with Crippen LogP contribution in [0.15, 0.2) is 72.6 Å². The van der Waals surface area contributed by atoms with Gasteiger partial charge in [-0.3, -0.25) is 19.5 Å².